The van der Waals surface area contributed by atoms with Gasteiger partial charge in [0, 0.05) is 12.4 Å². The quantitative estimate of drug-likeness (QED) is 0.795. The Balaban J connectivity index is 1.69. The summed E-state index contributed by atoms with van der Waals surface area (Å²) in [7, 11) is 0. The number of hydrogen-bond acceptors (Lipinski definition) is 3. The molecular formula is C21H23N3O. The fourth-order valence-electron chi connectivity index (χ4n) is 3.69. The fourth-order valence-corrected chi connectivity index (χ4v) is 3.69. The van der Waals surface area contributed by atoms with Gasteiger partial charge in [0.2, 0.25) is 5.91 Å². The summed E-state index contributed by atoms with van der Waals surface area (Å²) >= 11 is 0. The molecule has 2 aromatic heterocycles. The van der Waals surface area contributed by atoms with Crippen LogP contribution < -0.4 is 5.32 Å². The second-order valence-corrected chi connectivity index (χ2v) is 6.91. The van der Waals surface area contributed by atoms with Gasteiger partial charge in [0.25, 0.3) is 0 Å². The molecule has 0 saturated carbocycles. The highest BCUT2D eigenvalue weighted by atomic mass is 16.2. The Bertz CT molecular complexity index is 889. The molecular weight excluding hydrogens is 310 g/mol. The highest BCUT2D eigenvalue weighted by Gasteiger charge is 2.22. The molecule has 0 bridgehead atoms. The van der Waals surface area contributed by atoms with Crippen molar-refractivity contribution in [2.75, 3.05) is 13.1 Å². The molecule has 0 amide bonds. The maximum Gasteiger partial charge on any atom is 0.235 e. The third kappa shape index (κ3) is 3.22. The Morgan fingerprint density at radius 2 is 1.96 bits per heavy atom. The molecule has 0 spiro atoms. The number of aryl methyl sites for hydroxylation is 1. The highest BCUT2D eigenvalue weighted by Crippen LogP contribution is 2.31. The average molecular weight is 333 g/mol. The number of hydrogen-bond donors (Lipinski definition) is 1. The topological polar surface area (TPSA) is 46.9 Å². The lowest BCUT2D eigenvalue weighted by atomic mass is 9.91. The first-order chi connectivity index (χ1) is 12.2. The van der Waals surface area contributed by atoms with Crippen LogP contribution in [-0.4, -0.2) is 28.5 Å². The van der Waals surface area contributed by atoms with Crippen LogP contribution in [0.25, 0.3) is 11.0 Å². The van der Waals surface area contributed by atoms with Crippen LogP contribution in [-0.2, 0) is 6.42 Å². The molecule has 0 aliphatic carbocycles. The zero-order valence-corrected chi connectivity index (χ0v) is 14.5. The van der Waals surface area contributed by atoms with Gasteiger partial charge in [0.15, 0.2) is 0 Å². The number of carbonyl (C=O) groups excluding carboxylic acids is 1. The number of nitrogens with one attached hydrogen (secondary N) is 1. The first kappa shape index (κ1) is 16.0. The smallest absolute Gasteiger partial charge is 0.235 e. The van der Waals surface area contributed by atoms with Crippen molar-refractivity contribution in [1.29, 1.82) is 0 Å². The molecule has 128 valence electrons. The lowest BCUT2D eigenvalue weighted by molar-refractivity contribution is 0.0919. The van der Waals surface area contributed by atoms with Gasteiger partial charge in [0.1, 0.15) is 0 Å². The van der Waals surface area contributed by atoms with E-state index in [-0.39, 0.29) is 5.91 Å². The fraction of sp³-hybridized carbons (Fsp3) is 0.333. The standard InChI is InChI=1S/C21H23N3O/c1-15-4-6-16(7-5-15)13-20(25)24-14-18(17-8-11-22-12-9-17)21-19(24)3-2-10-23-21/h2-7,10,14,17,22H,8-9,11-13H2,1H3. The van der Waals surface area contributed by atoms with Crippen LogP contribution in [0.3, 0.4) is 0 Å². The van der Waals surface area contributed by atoms with Crippen LogP contribution in [0.1, 0.15) is 40.2 Å². The van der Waals surface area contributed by atoms with E-state index >= 15 is 0 Å². The van der Waals surface area contributed by atoms with E-state index < -0.39 is 0 Å². The van der Waals surface area contributed by atoms with Crippen LogP contribution in [0.4, 0.5) is 0 Å². The summed E-state index contributed by atoms with van der Waals surface area (Å²) in [6, 6.07) is 12.1. The number of aromatic nitrogens is 2. The van der Waals surface area contributed by atoms with E-state index in [1.807, 2.05) is 36.7 Å². The molecule has 1 saturated heterocycles. The molecule has 25 heavy (non-hydrogen) atoms. The number of nitrogens with zero attached hydrogens (tertiary/aromatic N) is 2. The normalized spacial score (nSPS) is 15.6. The van der Waals surface area contributed by atoms with E-state index in [1.54, 1.807) is 4.57 Å². The Kier molecular flexibility index (Phi) is 4.36. The lowest BCUT2D eigenvalue weighted by Gasteiger charge is -2.21. The number of fused-ring (bicyclic) bond motifs is 1. The molecule has 1 fully saturated rings. The maximum atomic E-state index is 12.9. The summed E-state index contributed by atoms with van der Waals surface area (Å²) in [5.74, 6) is 0.578. The maximum absolute atomic E-state index is 12.9. The predicted molar refractivity (Wildman–Crippen MR) is 100 cm³/mol. The Labute approximate surface area is 147 Å². The zero-order valence-electron chi connectivity index (χ0n) is 14.5. The van der Waals surface area contributed by atoms with Crippen molar-refractivity contribution in [1.82, 2.24) is 14.9 Å². The van der Waals surface area contributed by atoms with E-state index in [0.29, 0.717) is 12.3 Å². The molecule has 3 heterocycles. The summed E-state index contributed by atoms with van der Waals surface area (Å²) in [5.41, 5.74) is 5.37. The molecule has 1 aliphatic heterocycles. The summed E-state index contributed by atoms with van der Waals surface area (Å²) in [6.45, 7) is 4.12. The first-order valence-corrected chi connectivity index (χ1v) is 8.98. The number of piperidine rings is 1. The van der Waals surface area contributed by atoms with Crippen LogP contribution in [0.2, 0.25) is 0 Å². The number of benzene rings is 1. The lowest BCUT2D eigenvalue weighted by Crippen LogP contribution is -2.26. The van der Waals surface area contributed by atoms with Crippen LogP contribution in [0, 0.1) is 6.92 Å². The molecule has 1 aliphatic rings. The van der Waals surface area contributed by atoms with Gasteiger partial charge in [-0.1, -0.05) is 29.8 Å². The molecule has 1 aromatic carbocycles. The predicted octanol–water partition coefficient (Wildman–Crippen LogP) is 3.69. The second-order valence-electron chi connectivity index (χ2n) is 6.91. The van der Waals surface area contributed by atoms with Gasteiger partial charge >= 0.3 is 0 Å². The van der Waals surface area contributed by atoms with Gasteiger partial charge in [0.05, 0.1) is 17.5 Å². The summed E-state index contributed by atoms with van der Waals surface area (Å²) in [5, 5.41) is 3.41. The van der Waals surface area contributed by atoms with Crippen molar-refractivity contribution in [2.24, 2.45) is 0 Å². The molecule has 3 aromatic rings. The molecule has 1 N–H and O–H groups in total. The van der Waals surface area contributed by atoms with Gasteiger partial charge in [-0.25, -0.2) is 0 Å². The van der Waals surface area contributed by atoms with Gasteiger partial charge in [-0.3, -0.25) is 14.3 Å². The van der Waals surface area contributed by atoms with E-state index in [9.17, 15) is 4.79 Å². The van der Waals surface area contributed by atoms with Crippen molar-refractivity contribution in [3.8, 4) is 0 Å². The van der Waals surface area contributed by atoms with Crippen molar-refractivity contribution in [2.45, 2.75) is 32.1 Å². The van der Waals surface area contributed by atoms with Crippen molar-refractivity contribution < 1.29 is 4.79 Å². The zero-order chi connectivity index (χ0) is 17.2. The average Bonchev–Trinajstić information content (AvgIpc) is 3.04. The molecule has 4 nitrogen and oxygen atoms in total. The SMILES string of the molecule is Cc1ccc(CC(=O)n2cc(C3CCNCC3)c3ncccc32)cc1. The highest BCUT2D eigenvalue weighted by molar-refractivity contribution is 5.93. The third-order valence-electron chi connectivity index (χ3n) is 5.11. The number of rotatable bonds is 3. The minimum Gasteiger partial charge on any atom is -0.317 e. The Morgan fingerprint density at radius 3 is 2.72 bits per heavy atom. The van der Waals surface area contributed by atoms with Crippen molar-refractivity contribution >= 4 is 16.9 Å². The first-order valence-electron chi connectivity index (χ1n) is 8.98. The van der Waals surface area contributed by atoms with Gasteiger partial charge in [-0.2, -0.15) is 0 Å². The van der Waals surface area contributed by atoms with E-state index in [4.69, 9.17) is 0 Å². The van der Waals surface area contributed by atoms with Crippen molar-refractivity contribution in [3.05, 3.63) is 65.5 Å². The third-order valence-corrected chi connectivity index (χ3v) is 5.11. The summed E-state index contributed by atoms with van der Waals surface area (Å²) in [4.78, 5) is 17.5. The van der Waals surface area contributed by atoms with Gasteiger partial charge < -0.3 is 5.32 Å². The Hall–Kier alpha value is -2.46. The van der Waals surface area contributed by atoms with E-state index in [1.165, 1.54) is 11.1 Å². The minimum absolute atomic E-state index is 0.0991. The molecule has 4 rings (SSSR count). The van der Waals surface area contributed by atoms with Crippen LogP contribution >= 0.6 is 0 Å². The largest absolute Gasteiger partial charge is 0.317 e. The summed E-state index contributed by atoms with van der Waals surface area (Å²) < 4.78 is 1.81. The number of carbonyl (C=O) groups is 1. The number of pyridine rings is 1. The molecule has 4 heteroatoms. The van der Waals surface area contributed by atoms with Crippen LogP contribution in [0.15, 0.2) is 48.8 Å². The molecule has 0 atom stereocenters. The van der Waals surface area contributed by atoms with E-state index in [0.717, 1.165) is 42.5 Å². The minimum atomic E-state index is 0.0991. The molecule has 0 radical (unpaired) electrons. The van der Waals surface area contributed by atoms with Crippen molar-refractivity contribution in [3.63, 3.8) is 0 Å². The van der Waals surface area contributed by atoms with Gasteiger partial charge in [-0.15, -0.1) is 0 Å². The monoisotopic (exact) mass is 333 g/mol. The second kappa shape index (κ2) is 6.81. The molecule has 0 unspecified atom stereocenters. The Morgan fingerprint density at radius 1 is 1.20 bits per heavy atom. The van der Waals surface area contributed by atoms with E-state index in [2.05, 4.69) is 29.4 Å². The summed E-state index contributed by atoms with van der Waals surface area (Å²) in [6.07, 6.45) is 6.46. The van der Waals surface area contributed by atoms with Gasteiger partial charge in [-0.05, 0) is 62.0 Å². The van der Waals surface area contributed by atoms with Crippen LogP contribution in [0.5, 0.6) is 0 Å².